The van der Waals surface area contributed by atoms with E-state index in [0.717, 1.165) is 89.0 Å². The zero-order valence-electron chi connectivity index (χ0n) is 21.7. The van der Waals surface area contributed by atoms with Gasteiger partial charge in [-0.25, -0.2) is 0 Å². The van der Waals surface area contributed by atoms with Crippen LogP contribution in [0.1, 0.15) is 49.8 Å². The number of aryl methyl sites for hydroxylation is 1. The summed E-state index contributed by atoms with van der Waals surface area (Å²) >= 11 is 0. The highest BCUT2D eigenvalue weighted by molar-refractivity contribution is 5.83. The van der Waals surface area contributed by atoms with E-state index in [-0.39, 0.29) is 17.2 Å². The number of benzene rings is 1. The third-order valence-electron chi connectivity index (χ3n) is 8.38. The lowest BCUT2D eigenvalue weighted by atomic mass is 9.73. The fraction of sp³-hybridized carbons (Fsp3) is 0.586. The number of ether oxygens (including phenoxy) is 1. The van der Waals surface area contributed by atoms with Crippen LogP contribution in [0.25, 0.3) is 0 Å². The van der Waals surface area contributed by atoms with Crippen LogP contribution in [0, 0.1) is 11.3 Å². The van der Waals surface area contributed by atoms with E-state index >= 15 is 0 Å². The van der Waals surface area contributed by atoms with Gasteiger partial charge in [-0.2, -0.15) is 0 Å². The summed E-state index contributed by atoms with van der Waals surface area (Å²) in [5.74, 6) is 1.74. The highest BCUT2D eigenvalue weighted by Crippen LogP contribution is 2.38. The molecule has 1 aromatic carbocycles. The number of carbonyl (C=O) groups excluding carboxylic acids is 2. The maximum Gasteiger partial charge on any atom is 0.236 e. The number of fused-ring (bicyclic) bond motifs is 1. The Morgan fingerprint density at radius 2 is 1.97 bits per heavy atom. The first kappa shape index (κ1) is 25.6. The van der Waals surface area contributed by atoms with E-state index in [9.17, 15) is 9.59 Å². The fourth-order valence-electron chi connectivity index (χ4n) is 6.12. The van der Waals surface area contributed by atoms with Gasteiger partial charge < -0.3 is 15.0 Å². The number of aromatic nitrogens is 2. The minimum absolute atomic E-state index is 0.155. The molecular formula is C29H39N5O3. The zero-order chi connectivity index (χ0) is 25.5. The van der Waals surface area contributed by atoms with Crippen molar-refractivity contribution in [2.45, 2.75) is 51.4 Å². The highest BCUT2D eigenvalue weighted by Gasteiger charge is 2.41. The smallest absolute Gasteiger partial charge is 0.236 e. The van der Waals surface area contributed by atoms with E-state index in [0.29, 0.717) is 25.6 Å². The molecule has 1 aromatic heterocycles. The van der Waals surface area contributed by atoms with Crippen molar-refractivity contribution in [2.24, 2.45) is 11.3 Å². The van der Waals surface area contributed by atoms with Crippen molar-refractivity contribution in [1.82, 2.24) is 25.1 Å². The Labute approximate surface area is 219 Å². The lowest BCUT2D eigenvalue weighted by molar-refractivity contribution is -0.136. The van der Waals surface area contributed by atoms with Gasteiger partial charge in [0.05, 0.1) is 24.2 Å². The molecule has 2 saturated heterocycles. The predicted octanol–water partition coefficient (Wildman–Crippen LogP) is 2.87. The van der Waals surface area contributed by atoms with Gasteiger partial charge >= 0.3 is 0 Å². The molecule has 2 fully saturated rings. The number of hydrogen-bond donors (Lipinski definition) is 1. The normalized spacial score (nSPS) is 22.9. The van der Waals surface area contributed by atoms with Crippen LogP contribution in [0.15, 0.2) is 42.9 Å². The molecule has 3 aliphatic rings. The molecule has 3 aliphatic heterocycles. The summed E-state index contributed by atoms with van der Waals surface area (Å²) in [6, 6.07) is 8.22. The van der Waals surface area contributed by atoms with Gasteiger partial charge in [0.25, 0.3) is 0 Å². The first-order valence-corrected chi connectivity index (χ1v) is 13.9. The van der Waals surface area contributed by atoms with Gasteiger partial charge in [-0.3, -0.25) is 24.5 Å². The maximum absolute atomic E-state index is 13.3. The van der Waals surface area contributed by atoms with Crippen molar-refractivity contribution in [1.29, 1.82) is 0 Å². The molecule has 0 radical (unpaired) electrons. The first-order chi connectivity index (χ1) is 18.1. The molecule has 0 aliphatic carbocycles. The van der Waals surface area contributed by atoms with Crippen LogP contribution in [0.3, 0.4) is 0 Å². The van der Waals surface area contributed by atoms with E-state index in [4.69, 9.17) is 4.74 Å². The Bertz CT molecular complexity index is 1050. The van der Waals surface area contributed by atoms with Crippen LogP contribution in [-0.2, 0) is 22.4 Å². The van der Waals surface area contributed by atoms with Crippen molar-refractivity contribution in [3.8, 4) is 5.75 Å². The Kier molecular flexibility index (Phi) is 8.34. The molecule has 8 nitrogen and oxygen atoms in total. The lowest BCUT2D eigenvalue weighted by Crippen LogP contribution is -2.51. The monoisotopic (exact) mass is 505 g/mol. The molecule has 1 atom stereocenters. The van der Waals surface area contributed by atoms with Crippen LogP contribution in [0.2, 0.25) is 0 Å². The maximum atomic E-state index is 13.3. The van der Waals surface area contributed by atoms with Crippen LogP contribution in [0.4, 0.5) is 0 Å². The average molecular weight is 506 g/mol. The largest absolute Gasteiger partial charge is 0.491 e. The summed E-state index contributed by atoms with van der Waals surface area (Å²) in [5.41, 5.74) is 1.90. The highest BCUT2D eigenvalue weighted by atomic mass is 16.5. The lowest BCUT2D eigenvalue weighted by Gasteiger charge is -2.41. The van der Waals surface area contributed by atoms with Crippen molar-refractivity contribution >= 4 is 11.8 Å². The third kappa shape index (κ3) is 6.47. The summed E-state index contributed by atoms with van der Waals surface area (Å²) in [7, 11) is 0. The quantitative estimate of drug-likeness (QED) is 0.688. The van der Waals surface area contributed by atoms with Crippen LogP contribution < -0.4 is 10.1 Å². The molecular weight excluding hydrogens is 466 g/mol. The topological polar surface area (TPSA) is 87.7 Å². The molecule has 1 spiro atoms. The van der Waals surface area contributed by atoms with Crippen molar-refractivity contribution < 1.29 is 14.3 Å². The summed E-state index contributed by atoms with van der Waals surface area (Å²) in [6.07, 6.45) is 12.7. The average Bonchev–Trinajstić information content (AvgIpc) is 3.39. The summed E-state index contributed by atoms with van der Waals surface area (Å²) in [5, 5.41) is 3.15. The minimum atomic E-state index is -0.340. The number of para-hydroxylation sites is 1. The fourth-order valence-corrected chi connectivity index (χ4v) is 6.12. The molecule has 198 valence electrons. The van der Waals surface area contributed by atoms with Crippen LogP contribution >= 0.6 is 0 Å². The molecule has 4 heterocycles. The second-order valence-electron chi connectivity index (χ2n) is 10.9. The number of nitrogens with one attached hydrogen (secondary N) is 1. The van der Waals surface area contributed by atoms with Gasteiger partial charge in [-0.1, -0.05) is 24.6 Å². The predicted molar refractivity (Wildman–Crippen MR) is 141 cm³/mol. The van der Waals surface area contributed by atoms with Crippen LogP contribution in [0.5, 0.6) is 5.75 Å². The number of likely N-dealkylation sites (tertiary alicyclic amines) is 2. The molecule has 1 unspecified atom stereocenters. The van der Waals surface area contributed by atoms with Gasteiger partial charge in [-0.15, -0.1) is 0 Å². The van der Waals surface area contributed by atoms with Crippen molar-refractivity contribution in [3.05, 3.63) is 54.1 Å². The molecule has 0 saturated carbocycles. The van der Waals surface area contributed by atoms with Gasteiger partial charge in [0.2, 0.25) is 11.8 Å². The standard InChI is InChI=1S/C29H39N5O3/c35-27(34-15-8-23(21-34)19-25-20-30-12-13-31-25)22-33-16-10-29(11-17-33)9-4-3-6-24-5-1-2-7-26(24)37-18-14-32-28(29)36/h1-2,5,7,12-13,20,23H,3-4,6,8-11,14-19,21-22H2,(H,32,36). The van der Waals surface area contributed by atoms with Gasteiger partial charge in [0, 0.05) is 31.7 Å². The molecule has 2 amide bonds. The molecule has 37 heavy (non-hydrogen) atoms. The molecule has 1 N–H and O–H groups in total. The number of amides is 2. The molecule has 8 heteroatoms. The summed E-state index contributed by atoms with van der Waals surface area (Å²) in [6.45, 7) is 4.62. The summed E-state index contributed by atoms with van der Waals surface area (Å²) < 4.78 is 5.96. The number of rotatable bonds is 4. The number of nitrogens with zero attached hydrogens (tertiary/aromatic N) is 4. The Morgan fingerprint density at radius 3 is 2.81 bits per heavy atom. The van der Waals surface area contributed by atoms with Gasteiger partial charge in [0.15, 0.2) is 0 Å². The van der Waals surface area contributed by atoms with Crippen LogP contribution in [-0.4, -0.2) is 77.5 Å². The first-order valence-electron chi connectivity index (χ1n) is 13.9. The van der Waals surface area contributed by atoms with Gasteiger partial charge in [0.1, 0.15) is 12.4 Å². The Balaban J connectivity index is 1.11. The Hall–Kier alpha value is -3.00. The van der Waals surface area contributed by atoms with Crippen molar-refractivity contribution in [3.63, 3.8) is 0 Å². The van der Waals surface area contributed by atoms with Gasteiger partial charge in [-0.05, 0) is 75.6 Å². The van der Waals surface area contributed by atoms with E-state index in [2.05, 4.69) is 32.3 Å². The molecule has 5 rings (SSSR count). The van der Waals surface area contributed by atoms with Crippen molar-refractivity contribution in [2.75, 3.05) is 45.9 Å². The second kappa shape index (κ2) is 12.0. The summed E-state index contributed by atoms with van der Waals surface area (Å²) in [4.78, 5) is 39.2. The number of piperidine rings is 1. The van der Waals surface area contributed by atoms with E-state index in [1.54, 1.807) is 12.4 Å². The number of hydrogen-bond acceptors (Lipinski definition) is 6. The SMILES string of the molecule is O=C(CN1CCC2(CCCCc3ccccc3OCCNC2=O)CC1)N1CCC(Cc2cnccn2)C1. The minimum Gasteiger partial charge on any atom is -0.491 e. The zero-order valence-corrected chi connectivity index (χ0v) is 21.7. The van der Waals surface area contributed by atoms with E-state index in [1.165, 1.54) is 5.56 Å². The van der Waals surface area contributed by atoms with E-state index in [1.807, 2.05) is 23.2 Å². The number of carbonyl (C=O) groups is 2. The second-order valence-corrected chi connectivity index (χ2v) is 10.9. The Morgan fingerprint density at radius 1 is 1.11 bits per heavy atom. The molecule has 0 bridgehead atoms. The molecule has 2 aromatic rings. The third-order valence-corrected chi connectivity index (χ3v) is 8.38. The van der Waals surface area contributed by atoms with E-state index < -0.39 is 0 Å².